The van der Waals surface area contributed by atoms with Crippen molar-refractivity contribution in [3.05, 3.63) is 70.8 Å². The number of aliphatic hydroxyl groups is 1. The van der Waals surface area contributed by atoms with Crippen LogP contribution in [0.15, 0.2) is 59.7 Å². The summed E-state index contributed by atoms with van der Waals surface area (Å²) in [5.41, 5.74) is 1.55. The third-order valence-electron chi connectivity index (χ3n) is 6.32. The van der Waals surface area contributed by atoms with Crippen molar-refractivity contribution in [1.29, 1.82) is 0 Å². The highest BCUT2D eigenvalue weighted by molar-refractivity contribution is 5.81. The van der Waals surface area contributed by atoms with Gasteiger partial charge in [0.1, 0.15) is 0 Å². The monoisotopic (exact) mass is 434 g/mol. The molecule has 1 aliphatic heterocycles. The average molecular weight is 435 g/mol. The van der Waals surface area contributed by atoms with Crippen molar-refractivity contribution in [1.82, 2.24) is 14.5 Å². The zero-order chi connectivity index (χ0) is 22.7. The van der Waals surface area contributed by atoms with Crippen LogP contribution in [0.2, 0.25) is 0 Å². The first-order valence-electron chi connectivity index (χ1n) is 11.1. The number of rotatable bonds is 6. The Hall–Kier alpha value is -3.19. The van der Waals surface area contributed by atoms with Gasteiger partial charge >= 0.3 is 0 Å². The van der Waals surface area contributed by atoms with Gasteiger partial charge in [-0.15, -0.1) is 0 Å². The summed E-state index contributed by atoms with van der Waals surface area (Å²) >= 11 is 0. The highest BCUT2D eigenvalue weighted by Crippen LogP contribution is 2.24. The third kappa shape index (κ3) is 4.67. The van der Waals surface area contributed by atoms with Gasteiger partial charge in [0, 0.05) is 25.3 Å². The molecule has 0 radical (unpaired) electrons. The number of likely N-dealkylation sites (N-methyl/N-ethyl adjacent to an activating group) is 1. The zero-order valence-corrected chi connectivity index (χ0v) is 18.7. The predicted molar refractivity (Wildman–Crippen MR) is 126 cm³/mol. The van der Waals surface area contributed by atoms with Crippen molar-refractivity contribution in [2.45, 2.75) is 38.8 Å². The van der Waals surface area contributed by atoms with Crippen LogP contribution in [0.5, 0.6) is 0 Å². The van der Waals surface area contributed by atoms with Crippen LogP contribution >= 0.6 is 0 Å². The predicted octanol–water partition coefficient (Wildman–Crippen LogP) is 2.58. The Labute approximate surface area is 187 Å². The molecule has 0 aliphatic carbocycles. The second-order valence-corrected chi connectivity index (χ2v) is 8.65. The molecule has 2 aromatic carbocycles. The number of aromatic nitrogens is 2. The molecule has 1 saturated heterocycles. The van der Waals surface area contributed by atoms with Crippen LogP contribution in [0.25, 0.3) is 10.9 Å². The quantitative estimate of drug-likeness (QED) is 0.645. The molecule has 1 aromatic heterocycles. The first-order chi connectivity index (χ1) is 15.4. The smallest absolute Gasteiger partial charge is 0.261 e. The van der Waals surface area contributed by atoms with Crippen LogP contribution in [-0.2, 0) is 11.3 Å². The molecule has 2 heterocycles. The molecule has 4 rings (SSSR count). The zero-order valence-electron chi connectivity index (χ0n) is 18.7. The van der Waals surface area contributed by atoms with Gasteiger partial charge in [-0.1, -0.05) is 24.3 Å². The molecular formula is C25H30N4O3. The molecule has 3 aromatic rings. The minimum absolute atomic E-state index is 0.0534. The molecular weight excluding hydrogens is 404 g/mol. The summed E-state index contributed by atoms with van der Waals surface area (Å²) in [6.07, 6.45) is 2.36. The van der Waals surface area contributed by atoms with E-state index in [0.29, 0.717) is 43.4 Å². The van der Waals surface area contributed by atoms with Crippen LogP contribution < -0.4 is 10.5 Å². The van der Waals surface area contributed by atoms with Crippen LogP contribution in [0.3, 0.4) is 0 Å². The number of carbonyl (C=O) groups is 1. The van der Waals surface area contributed by atoms with Gasteiger partial charge in [0.2, 0.25) is 5.91 Å². The highest BCUT2D eigenvalue weighted by atomic mass is 16.3. The van der Waals surface area contributed by atoms with Crippen molar-refractivity contribution in [3.63, 3.8) is 0 Å². The van der Waals surface area contributed by atoms with E-state index in [1.165, 1.54) is 10.9 Å². The first kappa shape index (κ1) is 22.0. The normalized spacial score (nSPS) is 15.7. The summed E-state index contributed by atoms with van der Waals surface area (Å²) in [6.45, 7) is 6.16. The van der Waals surface area contributed by atoms with Gasteiger partial charge in [-0.05, 0) is 56.5 Å². The lowest BCUT2D eigenvalue weighted by Crippen LogP contribution is -2.51. The second-order valence-electron chi connectivity index (χ2n) is 8.65. The van der Waals surface area contributed by atoms with Gasteiger partial charge in [0.05, 0.1) is 35.9 Å². The number of likely N-dealkylation sites (tertiary alicyclic amines) is 1. The fourth-order valence-corrected chi connectivity index (χ4v) is 4.32. The van der Waals surface area contributed by atoms with Crippen molar-refractivity contribution in [2.75, 3.05) is 31.1 Å². The maximum atomic E-state index is 12.9. The van der Waals surface area contributed by atoms with Gasteiger partial charge in [0.15, 0.2) is 0 Å². The van der Waals surface area contributed by atoms with Crippen LogP contribution in [0.4, 0.5) is 5.69 Å². The first-order valence-corrected chi connectivity index (χ1v) is 11.1. The van der Waals surface area contributed by atoms with Gasteiger partial charge in [-0.25, -0.2) is 4.98 Å². The van der Waals surface area contributed by atoms with Crippen molar-refractivity contribution in [2.24, 2.45) is 0 Å². The topological polar surface area (TPSA) is 78.7 Å². The molecule has 7 nitrogen and oxygen atoms in total. The minimum atomic E-state index is -1.04. The number of carbonyl (C=O) groups excluding carboxylic acids is 1. The second kappa shape index (κ2) is 9.12. The van der Waals surface area contributed by atoms with Crippen LogP contribution in [0, 0.1) is 6.92 Å². The molecule has 0 spiro atoms. The van der Waals surface area contributed by atoms with E-state index in [0.717, 1.165) is 17.8 Å². The summed E-state index contributed by atoms with van der Waals surface area (Å²) in [5.74, 6) is 0.0534. The van der Waals surface area contributed by atoms with E-state index in [4.69, 9.17) is 0 Å². The molecule has 7 heteroatoms. The third-order valence-corrected chi connectivity index (χ3v) is 6.32. The average Bonchev–Trinajstić information content (AvgIpc) is 2.80. The molecule has 0 atom stereocenters. The van der Waals surface area contributed by atoms with E-state index in [9.17, 15) is 14.7 Å². The molecule has 0 bridgehead atoms. The van der Waals surface area contributed by atoms with Gasteiger partial charge in [0.25, 0.3) is 5.56 Å². The van der Waals surface area contributed by atoms with Gasteiger partial charge in [-0.3, -0.25) is 14.2 Å². The molecule has 1 N–H and O–H groups in total. The number of para-hydroxylation sites is 1. The molecule has 0 unspecified atom stereocenters. The molecule has 1 amide bonds. The Morgan fingerprint density at radius 3 is 2.56 bits per heavy atom. The molecule has 0 saturated carbocycles. The highest BCUT2D eigenvalue weighted by Gasteiger charge is 2.35. The number of aryl methyl sites for hydroxylation is 1. The number of amides is 1. The number of piperidine rings is 1. The van der Waals surface area contributed by atoms with E-state index in [1.54, 1.807) is 6.07 Å². The van der Waals surface area contributed by atoms with Crippen LogP contribution in [0.1, 0.15) is 25.3 Å². The summed E-state index contributed by atoms with van der Waals surface area (Å²) in [7, 11) is 0. The fourth-order valence-electron chi connectivity index (χ4n) is 4.32. The van der Waals surface area contributed by atoms with E-state index in [2.05, 4.69) is 4.98 Å². The number of fused-ring (bicyclic) bond motifs is 1. The Morgan fingerprint density at radius 1 is 1.16 bits per heavy atom. The maximum absolute atomic E-state index is 12.9. The summed E-state index contributed by atoms with van der Waals surface area (Å²) in [5, 5.41) is 11.7. The fraction of sp³-hybridized carbons (Fsp3) is 0.400. The Morgan fingerprint density at radius 2 is 1.88 bits per heavy atom. The van der Waals surface area contributed by atoms with E-state index < -0.39 is 5.60 Å². The molecule has 1 fully saturated rings. The standard InChI is InChI=1S/C25H30N4O3/c1-3-27(20-7-5-4-6-8-20)16-23(30)28-13-11-25(32,12-14-28)17-29-18-26-22-15-19(2)9-10-21(22)24(29)31/h4-10,15,18,32H,3,11-14,16-17H2,1-2H3. The minimum Gasteiger partial charge on any atom is -0.388 e. The Bertz CT molecular complexity index is 1150. The van der Waals surface area contributed by atoms with Crippen LogP contribution in [-0.4, -0.2) is 57.2 Å². The molecule has 168 valence electrons. The van der Waals surface area contributed by atoms with E-state index in [-0.39, 0.29) is 18.0 Å². The number of hydrogen-bond acceptors (Lipinski definition) is 5. The Balaban J connectivity index is 1.40. The number of nitrogens with zero attached hydrogens (tertiary/aromatic N) is 4. The van der Waals surface area contributed by atoms with Gasteiger partial charge < -0.3 is 14.9 Å². The van der Waals surface area contributed by atoms with Gasteiger partial charge in [-0.2, -0.15) is 0 Å². The lowest BCUT2D eigenvalue weighted by Gasteiger charge is -2.39. The number of hydrogen-bond donors (Lipinski definition) is 1. The summed E-state index contributed by atoms with van der Waals surface area (Å²) in [4.78, 5) is 34.0. The molecule has 32 heavy (non-hydrogen) atoms. The largest absolute Gasteiger partial charge is 0.388 e. The maximum Gasteiger partial charge on any atom is 0.261 e. The summed E-state index contributed by atoms with van der Waals surface area (Å²) < 4.78 is 1.49. The van der Waals surface area contributed by atoms with Crippen molar-refractivity contribution in [3.8, 4) is 0 Å². The van der Waals surface area contributed by atoms with Crippen molar-refractivity contribution < 1.29 is 9.90 Å². The SMILES string of the molecule is CCN(CC(=O)N1CCC(O)(Cn2cnc3cc(C)ccc3c2=O)CC1)c1ccccc1. The lowest BCUT2D eigenvalue weighted by molar-refractivity contribution is -0.134. The Kier molecular flexibility index (Phi) is 6.28. The summed E-state index contributed by atoms with van der Waals surface area (Å²) in [6, 6.07) is 15.5. The number of anilines is 1. The number of benzene rings is 2. The lowest BCUT2D eigenvalue weighted by atomic mass is 9.91. The van der Waals surface area contributed by atoms with E-state index >= 15 is 0 Å². The molecule has 1 aliphatic rings. The van der Waals surface area contributed by atoms with Crippen molar-refractivity contribution >= 4 is 22.5 Å². The van der Waals surface area contributed by atoms with E-state index in [1.807, 2.05) is 66.1 Å².